The second-order valence-electron chi connectivity index (χ2n) is 4.20. The van der Waals surface area contributed by atoms with Crippen molar-refractivity contribution >= 4 is 23.5 Å². The summed E-state index contributed by atoms with van der Waals surface area (Å²) < 4.78 is 21.7. The largest absolute Gasteiger partial charge is 0.395 e. The fourth-order valence-electron chi connectivity index (χ4n) is 1.52. The van der Waals surface area contributed by atoms with E-state index >= 15 is 0 Å². The summed E-state index contributed by atoms with van der Waals surface area (Å²) in [5, 5.41) is 9.58. The molecule has 0 saturated carbocycles. The third-order valence-electron chi connectivity index (χ3n) is 2.58. The molecule has 1 unspecified atom stereocenters. The first-order valence-corrected chi connectivity index (χ1v) is 9.25. The normalized spacial score (nSPS) is 26.6. The average Bonchev–Trinajstić information content (AvgIpc) is 2.47. The molecule has 20 heavy (non-hydrogen) atoms. The van der Waals surface area contributed by atoms with Gasteiger partial charge in [0.1, 0.15) is 0 Å². The quantitative estimate of drug-likeness (QED) is 0.768. The van der Waals surface area contributed by atoms with Crippen molar-refractivity contribution in [3.8, 4) is 0 Å². The molecule has 0 aliphatic carbocycles. The topological polar surface area (TPSA) is 57.2 Å². The maximum absolute atomic E-state index is 9.30. The second kappa shape index (κ2) is 14.4. The molecule has 1 fully saturated rings. The van der Waals surface area contributed by atoms with Gasteiger partial charge in [0.05, 0.1) is 59.5 Å². The molecule has 7 heteroatoms. The van der Waals surface area contributed by atoms with Gasteiger partial charge in [-0.2, -0.15) is 23.5 Å². The molecule has 0 bridgehead atoms. The molecule has 120 valence electrons. The fraction of sp³-hybridized carbons (Fsp3) is 1.00. The Morgan fingerprint density at radius 2 is 1.25 bits per heavy atom. The summed E-state index contributed by atoms with van der Waals surface area (Å²) in [6.07, 6.45) is 0. The Bertz CT molecular complexity index is 191. The number of aliphatic hydroxyl groups excluding tert-OH is 1. The van der Waals surface area contributed by atoms with Crippen molar-refractivity contribution in [3.63, 3.8) is 0 Å². The summed E-state index contributed by atoms with van der Waals surface area (Å²) in [5.41, 5.74) is 0. The van der Waals surface area contributed by atoms with Gasteiger partial charge in [-0.1, -0.05) is 0 Å². The molecule has 1 atom stereocenters. The molecule has 0 radical (unpaired) electrons. The van der Waals surface area contributed by atoms with Crippen molar-refractivity contribution in [3.05, 3.63) is 0 Å². The zero-order valence-corrected chi connectivity index (χ0v) is 13.6. The minimum Gasteiger partial charge on any atom is -0.395 e. The van der Waals surface area contributed by atoms with Crippen LogP contribution in [0, 0.1) is 0 Å². The van der Waals surface area contributed by atoms with Crippen molar-refractivity contribution in [2.75, 3.05) is 76.7 Å². The van der Waals surface area contributed by atoms with Gasteiger partial charge in [-0.05, 0) is 0 Å². The third kappa shape index (κ3) is 11.2. The van der Waals surface area contributed by atoms with Crippen LogP contribution in [0.2, 0.25) is 0 Å². The van der Waals surface area contributed by atoms with E-state index in [2.05, 4.69) is 0 Å². The van der Waals surface area contributed by atoms with Gasteiger partial charge in [0.25, 0.3) is 0 Å². The standard InChI is InChI=1S/C13H26O5S2/c14-11-13-12-19-9-7-17-5-3-15-1-2-16-4-6-18-8-10-20-13/h13-14H,1-12H2. The minimum atomic E-state index is 0.218. The SMILES string of the molecule is OCC1CSCCOCCOCCOCCOCCS1. The highest BCUT2D eigenvalue weighted by molar-refractivity contribution is 8.03. The van der Waals surface area contributed by atoms with Crippen LogP contribution >= 0.6 is 23.5 Å². The zero-order chi connectivity index (χ0) is 14.3. The molecule has 0 spiro atoms. The van der Waals surface area contributed by atoms with Crippen molar-refractivity contribution in [1.82, 2.24) is 0 Å². The van der Waals surface area contributed by atoms with Crippen LogP contribution in [0.4, 0.5) is 0 Å². The van der Waals surface area contributed by atoms with Crippen molar-refractivity contribution in [2.24, 2.45) is 0 Å². The molecule has 1 rings (SSSR count). The first-order valence-electron chi connectivity index (χ1n) is 7.04. The van der Waals surface area contributed by atoms with E-state index in [1.54, 1.807) is 11.8 Å². The monoisotopic (exact) mass is 326 g/mol. The lowest BCUT2D eigenvalue weighted by atomic mass is 10.5. The average molecular weight is 326 g/mol. The van der Waals surface area contributed by atoms with Gasteiger partial charge in [0.15, 0.2) is 0 Å². The number of thioether (sulfide) groups is 2. The van der Waals surface area contributed by atoms with E-state index in [1.807, 2.05) is 11.8 Å². The minimum absolute atomic E-state index is 0.218. The lowest BCUT2D eigenvalue weighted by Gasteiger charge is -2.14. The lowest BCUT2D eigenvalue weighted by Crippen LogP contribution is -2.16. The molecule has 1 heterocycles. The maximum atomic E-state index is 9.30. The number of hydrogen-bond donors (Lipinski definition) is 1. The van der Waals surface area contributed by atoms with Crippen LogP contribution in [0.25, 0.3) is 0 Å². The number of aliphatic hydroxyl groups is 1. The Balaban J connectivity index is 2.14. The Morgan fingerprint density at radius 3 is 1.80 bits per heavy atom. The molecule has 0 aromatic rings. The molecule has 0 aromatic heterocycles. The van der Waals surface area contributed by atoms with E-state index in [-0.39, 0.29) is 11.9 Å². The number of ether oxygens (including phenoxy) is 4. The molecule has 1 aliphatic rings. The molecule has 1 N–H and O–H groups in total. The van der Waals surface area contributed by atoms with Gasteiger partial charge in [0, 0.05) is 22.5 Å². The summed E-state index contributed by atoms with van der Waals surface area (Å²) in [6, 6.07) is 0. The van der Waals surface area contributed by atoms with Crippen molar-refractivity contribution in [1.29, 1.82) is 0 Å². The third-order valence-corrected chi connectivity index (χ3v) is 5.07. The van der Waals surface area contributed by atoms with Crippen LogP contribution < -0.4 is 0 Å². The van der Waals surface area contributed by atoms with Gasteiger partial charge in [-0.25, -0.2) is 0 Å². The summed E-state index contributed by atoms with van der Waals surface area (Å²) in [7, 11) is 0. The molecule has 5 nitrogen and oxygen atoms in total. The smallest absolute Gasteiger partial charge is 0.0701 e. The Kier molecular flexibility index (Phi) is 13.4. The zero-order valence-electron chi connectivity index (χ0n) is 12.0. The summed E-state index contributed by atoms with van der Waals surface area (Å²) in [4.78, 5) is 0. The van der Waals surface area contributed by atoms with Crippen LogP contribution in [-0.4, -0.2) is 87.1 Å². The lowest BCUT2D eigenvalue weighted by molar-refractivity contribution is 0.00144. The predicted octanol–water partition coefficient (Wildman–Crippen LogP) is 0.894. The van der Waals surface area contributed by atoms with Crippen LogP contribution in [0.15, 0.2) is 0 Å². The van der Waals surface area contributed by atoms with Crippen LogP contribution in [0.5, 0.6) is 0 Å². The van der Waals surface area contributed by atoms with E-state index < -0.39 is 0 Å². The van der Waals surface area contributed by atoms with Gasteiger partial charge >= 0.3 is 0 Å². The molecular formula is C13H26O5S2. The van der Waals surface area contributed by atoms with E-state index in [0.717, 1.165) is 23.9 Å². The highest BCUT2D eigenvalue weighted by Crippen LogP contribution is 2.16. The van der Waals surface area contributed by atoms with E-state index in [0.29, 0.717) is 46.2 Å². The van der Waals surface area contributed by atoms with E-state index in [4.69, 9.17) is 18.9 Å². The van der Waals surface area contributed by atoms with Gasteiger partial charge in [-0.3, -0.25) is 0 Å². The van der Waals surface area contributed by atoms with E-state index in [1.165, 1.54) is 0 Å². The van der Waals surface area contributed by atoms with Gasteiger partial charge in [0.2, 0.25) is 0 Å². The molecule has 0 aromatic carbocycles. The first-order chi connectivity index (χ1) is 9.93. The van der Waals surface area contributed by atoms with Crippen LogP contribution in [0.3, 0.4) is 0 Å². The van der Waals surface area contributed by atoms with Crippen LogP contribution in [-0.2, 0) is 18.9 Å². The summed E-state index contributed by atoms with van der Waals surface area (Å²) in [6.45, 7) is 5.31. The van der Waals surface area contributed by atoms with Crippen LogP contribution in [0.1, 0.15) is 0 Å². The fourth-order valence-corrected chi connectivity index (χ4v) is 3.62. The van der Waals surface area contributed by atoms with Gasteiger partial charge < -0.3 is 24.1 Å². The molecular weight excluding hydrogens is 300 g/mol. The number of hydrogen-bond acceptors (Lipinski definition) is 7. The Hall–Kier alpha value is 0.500. The second-order valence-corrected chi connectivity index (χ2v) is 6.76. The first kappa shape index (κ1) is 18.5. The molecule has 0 amide bonds. The van der Waals surface area contributed by atoms with Crippen molar-refractivity contribution < 1.29 is 24.1 Å². The summed E-state index contributed by atoms with van der Waals surface area (Å²) in [5.74, 6) is 2.81. The molecule has 1 aliphatic heterocycles. The van der Waals surface area contributed by atoms with Crippen molar-refractivity contribution in [2.45, 2.75) is 5.25 Å². The highest BCUT2D eigenvalue weighted by Gasteiger charge is 2.08. The predicted molar refractivity (Wildman–Crippen MR) is 83.9 cm³/mol. The molecule has 1 saturated heterocycles. The number of rotatable bonds is 1. The van der Waals surface area contributed by atoms with E-state index in [9.17, 15) is 5.11 Å². The Morgan fingerprint density at radius 1 is 0.750 bits per heavy atom. The summed E-state index contributed by atoms with van der Waals surface area (Å²) >= 11 is 3.59. The maximum Gasteiger partial charge on any atom is 0.0701 e. The Labute approximate surface area is 130 Å². The van der Waals surface area contributed by atoms with Gasteiger partial charge in [-0.15, -0.1) is 0 Å². The highest BCUT2D eigenvalue weighted by atomic mass is 32.2.